The normalized spacial score (nSPS) is 12.9. The summed E-state index contributed by atoms with van der Waals surface area (Å²) in [5, 5.41) is 0. The van der Waals surface area contributed by atoms with Gasteiger partial charge in [0.25, 0.3) is 0 Å². The van der Waals surface area contributed by atoms with Crippen LogP contribution < -0.4 is 0 Å². The molecule has 0 saturated heterocycles. The average Bonchev–Trinajstić information content (AvgIpc) is 2.37. The Bertz CT molecular complexity index is 324. The maximum Gasteiger partial charge on any atom is -0.0113 e. The van der Waals surface area contributed by atoms with Crippen LogP contribution in [0.2, 0.25) is 0 Å². The molecule has 1 aromatic carbocycles. The molecule has 1 rings (SSSR count). The topological polar surface area (TPSA) is 0 Å². The molecular formula is C19H34. The van der Waals surface area contributed by atoms with Crippen molar-refractivity contribution < 1.29 is 0 Å². The van der Waals surface area contributed by atoms with Gasteiger partial charge in [-0.1, -0.05) is 86.1 Å². The predicted molar refractivity (Wildman–Crippen MR) is 89.0 cm³/mol. The molecule has 0 heteroatoms. The highest BCUT2D eigenvalue weighted by molar-refractivity contribution is 5.28. The van der Waals surface area contributed by atoms with E-state index in [2.05, 4.69) is 65.8 Å². The van der Waals surface area contributed by atoms with Gasteiger partial charge in [0.05, 0.1) is 0 Å². The lowest BCUT2D eigenvalue weighted by molar-refractivity contribution is 0.303. The average molecular weight is 262 g/mol. The van der Waals surface area contributed by atoms with Crippen LogP contribution in [0.25, 0.3) is 0 Å². The molecule has 0 heterocycles. The molecule has 0 amide bonds. The fourth-order valence-electron chi connectivity index (χ4n) is 2.50. The summed E-state index contributed by atoms with van der Waals surface area (Å²) in [5.41, 5.74) is 3.30. The van der Waals surface area contributed by atoms with Gasteiger partial charge in [-0.25, -0.2) is 0 Å². The van der Waals surface area contributed by atoms with Gasteiger partial charge in [-0.2, -0.15) is 0 Å². The molecule has 0 saturated carbocycles. The van der Waals surface area contributed by atoms with E-state index in [0.29, 0.717) is 17.3 Å². The monoisotopic (exact) mass is 262 g/mol. The SMILES string of the molecule is CC.CCCC(c1ccc(C(C)C)cc1)C(C)(C)C. The predicted octanol–water partition coefficient (Wildman–Crippen LogP) is 6.77. The lowest BCUT2D eigenvalue weighted by Gasteiger charge is -2.31. The highest BCUT2D eigenvalue weighted by Crippen LogP contribution is 2.38. The minimum absolute atomic E-state index is 0.357. The minimum atomic E-state index is 0.357. The summed E-state index contributed by atoms with van der Waals surface area (Å²) in [6.45, 7) is 17.8. The van der Waals surface area contributed by atoms with Gasteiger partial charge < -0.3 is 0 Å². The summed E-state index contributed by atoms with van der Waals surface area (Å²) in [5.74, 6) is 1.30. The molecule has 0 nitrogen and oxygen atoms in total. The first-order valence-corrected chi connectivity index (χ1v) is 7.96. The van der Waals surface area contributed by atoms with E-state index < -0.39 is 0 Å². The molecule has 0 fully saturated rings. The molecule has 0 aliphatic rings. The van der Waals surface area contributed by atoms with Crippen LogP contribution in [0, 0.1) is 5.41 Å². The largest absolute Gasteiger partial charge is 0.0683 e. The Labute approximate surface area is 121 Å². The van der Waals surface area contributed by atoms with Gasteiger partial charge in [0, 0.05) is 0 Å². The molecule has 0 bridgehead atoms. The van der Waals surface area contributed by atoms with Crippen molar-refractivity contribution in [3.05, 3.63) is 35.4 Å². The third kappa shape index (κ3) is 5.80. The Kier molecular flexibility index (Phi) is 8.06. The summed E-state index contributed by atoms with van der Waals surface area (Å²) in [4.78, 5) is 0. The molecular weight excluding hydrogens is 228 g/mol. The Balaban J connectivity index is 0.00000154. The molecule has 0 N–H and O–H groups in total. The second-order valence-electron chi connectivity index (χ2n) is 6.53. The smallest absolute Gasteiger partial charge is 0.0113 e. The van der Waals surface area contributed by atoms with Gasteiger partial charge in [0.2, 0.25) is 0 Å². The molecule has 0 spiro atoms. The molecule has 1 atom stereocenters. The van der Waals surface area contributed by atoms with E-state index in [1.807, 2.05) is 13.8 Å². The zero-order valence-corrected chi connectivity index (χ0v) is 14.4. The lowest BCUT2D eigenvalue weighted by Crippen LogP contribution is -2.18. The minimum Gasteiger partial charge on any atom is -0.0683 e. The van der Waals surface area contributed by atoms with E-state index in [0.717, 1.165) is 0 Å². The summed E-state index contributed by atoms with van der Waals surface area (Å²) in [6, 6.07) is 9.27. The molecule has 1 unspecified atom stereocenters. The highest BCUT2D eigenvalue weighted by Gasteiger charge is 2.25. The van der Waals surface area contributed by atoms with Crippen molar-refractivity contribution in [2.75, 3.05) is 0 Å². The van der Waals surface area contributed by atoms with Crippen molar-refractivity contribution in [2.24, 2.45) is 5.41 Å². The van der Waals surface area contributed by atoms with Crippen LogP contribution in [-0.4, -0.2) is 0 Å². The second kappa shape index (κ2) is 8.40. The van der Waals surface area contributed by atoms with Crippen LogP contribution in [0.3, 0.4) is 0 Å². The van der Waals surface area contributed by atoms with Crippen LogP contribution in [0.1, 0.15) is 91.2 Å². The van der Waals surface area contributed by atoms with E-state index in [1.54, 1.807) is 0 Å². The van der Waals surface area contributed by atoms with Crippen LogP contribution in [0.5, 0.6) is 0 Å². The van der Waals surface area contributed by atoms with Crippen molar-refractivity contribution in [2.45, 2.75) is 80.1 Å². The van der Waals surface area contributed by atoms with Crippen molar-refractivity contribution in [1.82, 2.24) is 0 Å². The van der Waals surface area contributed by atoms with Gasteiger partial charge in [-0.3, -0.25) is 0 Å². The summed E-state index contributed by atoms with van der Waals surface area (Å²) < 4.78 is 0. The number of hydrogen-bond donors (Lipinski definition) is 0. The van der Waals surface area contributed by atoms with Gasteiger partial charge >= 0.3 is 0 Å². The van der Waals surface area contributed by atoms with Crippen LogP contribution in [0.4, 0.5) is 0 Å². The molecule has 0 aromatic heterocycles. The zero-order chi connectivity index (χ0) is 15.1. The van der Waals surface area contributed by atoms with Gasteiger partial charge in [-0.05, 0) is 34.8 Å². The first kappa shape index (κ1) is 18.2. The second-order valence-corrected chi connectivity index (χ2v) is 6.53. The van der Waals surface area contributed by atoms with Gasteiger partial charge in [0.15, 0.2) is 0 Å². The fourth-order valence-corrected chi connectivity index (χ4v) is 2.50. The van der Waals surface area contributed by atoms with E-state index in [9.17, 15) is 0 Å². The van der Waals surface area contributed by atoms with Crippen molar-refractivity contribution >= 4 is 0 Å². The Morgan fingerprint density at radius 1 is 0.895 bits per heavy atom. The van der Waals surface area contributed by atoms with Crippen LogP contribution >= 0.6 is 0 Å². The number of hydrogen-bond acceptors (Lipinski definition) is 0. The van der Waals surface area contributed by atoms with E-state index in [-0.39, 0.29) is 0 Å². The molecule has 0 aliphatic heterocycles. The quantitative estimate of drug-likeness (QED) is 0.562. The first-order chi connectivity index (χ1) is 8.86. The highest BCUT2D eigenvalue weighted by atomic mass is 14.3. The Morgan fingerprint density at radius 3 is 1.63 bits per heavy atom. The zero-order valence-electron chi connectivity index (χ0n) is 14.4. The molecule has 0 radical (unpaired) electrons. The standard InChI is InChI=1S/C17H28.C2H6/c1-7-8-16(17(4,5)6)15-11-9-14(10-12-15)13(2)3;1-2/h9-13,16H,7-8H2,1-6H3;1-2H3. The first-order valence-electron chi connectivity index (χ1n) is 7.96. The van der Waals surface area contributed by atoms with Crippen LogP contribution in [-0.2, 0) is 0 Å². The van der Waals surface area contributed by atoms with Crippen molar-refractivity contribution in [3.8, 4) is 0 Å². The van der Waals surface area contributed by atoms with Crippen molar-refractivity contribution in [3.63, 3.8) is 0 Å². The summed E-state index contributed by atoms with van der Waals surface area (Å²) in [6.07, 6.45) is 2.54. The Morgan fingerprint density at radius 2 is 1.32 bits per heavy atom. The van der Waals surface area contributed by atoms with Gasteiger partial charge in [0.1, 0.15) is 0 Å². The summed E-state index contributed by atoms with van der Waals surface area (Å²) in [7, 11) is 0. The number of rotatable bonds is 4. The summed E-state index contributed by atoms with van der Waals surface area (Å²) >= 11 is 0. The fraction of sp³-hybridized carbons (Fsp3) is 0.684. The third-order valence-corrected chi connectivity index (χ3v) is 3.63. The molecule has 110 valence electrons. The van der Waals surface area contributed by atoms with Gasteiger partial charge in [-0.15, -0.1) is 0 Å². The molecule has 19 heavy (non-hydrogen) atoms. The van der Waals surface area contributed by atoms with E-state index in [1.165, 1.54) is 24.0 Å². The Hall–Kier alpha value is -0.780. The number of benzene rings is 1. The lowest BCUT2D eigenvalue weighted by atomic mass is 9.74. The van der Waals surface area contributed by atoms with E-state index in [4.69, 9.17) is 0 Å². The molecule has 0 aliphatic carbocycles. The maximum absolute atomic E-state index is 2.35. The van der Waals surface area contributed by atoms with E-state index >= 15 is 0 Å². The molecule has 1 aromatic rings. The maximum atomic E-state index is 2.35. The third-order valence-electron chi connectivity index (χ3n) is 3.63. The van der Waals surface area contributed by atoms with Crippen LogP contribution in [0.15, 0.2) is 24.3 Å². The van der Waals surface area contributed by atoms with Crippen molar-refractivity contribution in [1.29, 1.82) is 0 Å².